The first-order valence-corrected chi connectivity index (χ1v) is 22.5. The van der Waals surface area contributed by atoms with E-state index in [1.807, 2.05) is 0 Å². The van der Waals surface area contributed by atoms with Gasteiger partial charge in [0.2, 0.25) is 0 Å². The summed E-state index contributed by atoms with van der Waals surface area (Å²) in [7, 11) is 0. The van der Waals surface area contributed by atoms with E-state index in [4.69, 9.17) is 0 Å². The van der Waals surface area contributed by atoms with Crippen LogP contribution >= 0.6 is 26.3 Å². The fraction of sp³-hybridized carbons (Fsp3) is 1.00. The second-order valence-corrected chi connectivity index (χ2v) is 25.8. The molecule has 0 amide bonds. The van der Waals surface area contributed by atoms with Gasteiger partial charge < -0.3 is 0 Å². The molecule has 0 atom stereocenters. The zero-order valence-electron chi connectivity index (χ0n) is 25.3. The van der Waals surface area contributed by atoms with Crippen molar-refractivity contribution in [3.8, 4) is 0 Å². The van der Waals surface area contributed by atoms with E-state index in [9.17, 15) is 0 Å². The Labute approximate surface area is 238 Å². The van der Waals surface area contributed by atoms with E-state index in [-0.39, 0.29) is 0 Å². The number of hydrogen-bond donors (Lipinski definition) is 0. The Morgan fingerprint density at radius 3 is 0.686 bits per heavy atom. The average Bonchev–Trinajstić information content (AvgIpc) is 2.86. The van der Waals surface area contributed by atoms with Crippen LogP contribution in [0.2, 0.25) is 0 Å². The van der Waals surface area contributed by atoms with Crippen LogP contribution in [0.5, 0.6) is 0 Å². The summed E-state index contributed by atoms with van der Waals surface area (Å²) in [5.41, 5.74) is 0. The topological polar surface area (TPSA) is 0 Å². The molecule has 0 N–H and O–H groups in total. The van der Waals surface area contributed by atoms with E-state index < -0.39 is 4.25 Å². The maximum absolute atomic E-state index is 3.19. The van der Waals surface area contributed by atoms with Crippen molar-refractivity contribution in [3.05, 3.63) is 0 Å². The summed E-state index contributed by atoms with van der Waals surface area (Å²) in [4.78, 5) is 0. The monoisotopic (exact) mass is 624 g/mol. The van der Waals surface area contributed by atoms with E-state index in [0.717, 1.165) is 0 Å². The van der Waals surface area contributed by atoms with Crippen molar-refractivity contribution in [2.24, 2.45) is 0 Å². The third-order valence-electron chi connectivity index (χ3n) is 8.53. The van der Waals surface area contributed by atoms with Crippen molar-refractivity contribution < 1.29 is 0 Å². The number of halogens is 1. The molecule has 0 saturated heterocycles. The Kier molecular flexibility index (Phi) is 26.3. The predicted molar refractivity (Wildman–Crippen MR) is 179 cm³/mol. The third kappa shape index (κ3) is 21.8. The SMILES string of the molecule is CCCCCCCCCCCCCCCP(I)(CCCCCC)(CCCCCC)CCCCCC. The van der Waals surface area contributed by atoms with E-state index in [1.54, 1.807) is 24.6 Å². The van der Waals surface area contributed by atoms with Gasteiger partial charge in [-0.1, -0.05) is 19.8 Å². The summed E-state index contributed by atoms with van der Waals surface area (Å²) >= 11 is 3.19. The molecule has 0 unspecified atom stereocenters. The molecule has 0 aromatic heterocycles. The van der Waals surface area contributed by atoms with Gasteiger partial charge in [-0.05, 0) is 0 Å². The van der Waals surface area contributed by atoms with Gasteiger partial charge in [-0.25, -0.2) is 0 Å². The van der Waals surface area contributed by atoms with Crippen LogP contribution in [0, 0.1) is 0 Å². The normalized spacial score (nSPS) is 13.2. The molecule has 0 spiro atoms. The van der Waals surface area contributed by atoms with Gasteiger partial charge in [0.05, 0.1) is 0 Å². The van der Waals surface area contributed by atoms with Crippen molar-refractivity contribution in [2.45, 2.75) is 188 Å². The molecular weight excluding hydrogens is 554 g/mol. The van der Waals surface area contributed by atoms with Gasteiger partial charge in [0, 0.05) is 0 Å². The summed E-state index contributed by atoms with van der Waals surface area (Å²) < 4.78 is -1.57. The number of hydrogen-bond acceptors (Lipinski definition) is 0. The fourth-order valence-electron chi connectivity index (χ4n) is 6.00. The van der Waals surface area contributed by atoms with E-state index in [2.05, 4.69) is 49.7 Å². The van der Waals surface area contributed by atoms with Gasteiger partial charge in [-0.3, -0.25) is 0 Å². The predicted octanol–water partition coefficient (Wildman–Crippen LogP) is 13.7. The standard InChI is InChI=1S/C33H70IP/c1-5-9-13-17-18-19-20-21-22-23-24-25-29-33-35(34,30-26-14-10-6-2,31-27-15-11-7-3)32-28-16-12-8-4/h5-33H2,1-4H3. The molecular formula is C33H70IP. The molecule has 0 radical (unpaired) electrons. The maximum atomic E-state index is 3.19. The van der Waals surface area contributed by atoms with Gasteiger partial charge in [-0.2, -0.15) is 0 Å². The molecule has 0 aromatic rings. The number of rotatable bonds is 29. The van der Waals surface area contributed by atoms with Crippen LogP contribution < -0.4 is 0 Å². The van der Waals surface area contributed by atoms with Gasteiger partial charge in [0.1, 0.15) is 0 Å². The van der Waals surface area contributed by atoms with Crippen LogP contribution in [0.15, 0.2) is 0 Å². The van der Waals surface area contributed by atoms with E-state index >= 15 is 0 Å². The molecule has 0 fully saturated rings. The molecule has 0 aliphatic rings. The summed E-state index contributed by atoms with van der Waals surface area (Å²) in [6.45, 7) is 9.42. The van der Waals surface area contributed by atoms with Crippen LogP contribution in [-0.2, 0) is 0 Å². The Morgan fingerprint density at radius 1 is 0.286 bits per heavy atom. The van der Waals surface area contributed by atoms with Crippen molar-refractivity contribution in [1.82, 2.24) is 0 Å². The van der Waals surface area contributed by atoms with Gasteiger partial charge in [0.15, 0.2) is 0 Å². The Balaban J connectivity index is 4.50. The quantitative estimate of drug-likeness (QED) is 0.0441. The van der Waals surface area contributed by atoms with Gasteiger partial charge >= 0.3 is 219 Å². The average molecular weight is 625 g/mol. The molecule has 0 bridgehead atoms. The number of unbranched alkanes of at least 4 members (excludes halogenated alkanes) is 21. The molecule has 2 heteroatoms. The molecule has 35 heavy (non-hydrogen) atoms. The summed E-state index contributed by atoms with van der Waals surface area (Å²) in [5, 5.41) is 0. The molecule has 0 aliphatic carbocycles. The molecule has 214 valence electrons. The summed E-state index contributed by atoms with van der Waals surface area (Å²) in [5.74, 6) is 0. The van der Waals surface area contributed by atoms with E-state index in [0.29, 0.717) is 0 Å². The zero-order valence-corrected chi connectivity index (χ0v) is 28.4. The Hall–Kier alpha value is 1.16. The van der Waals surface area contributed by atoms with Crippen LogP contribution in [0.4, 0.5) is 0 Å². The van der Waals surface area contributed by atoms with Crippen LogP contribution in [0.3, 0.4) is 0 Å². The molecule has 0 rings (SSSR count). The minimum atomic E-state index is -1.57. The Bertz CT molecular complexity index is 387. The molecule has 0 nitrogen and oxygen atoms in total. The van der Waals surface area contributed by atoms with Crippen LogP contribution in [-0.4, -0.2) is 24.6 Å². The molecule has 0 heterocycles. The zero-order chi connectivity index (χ0) is 26.0. The second-order valence-electron chi connectivity index (χ2n) is 12.1. The Morgan fingerprint density at radius 2 is 0.457 bits per heavy atom. The summed E-state index contributed by atoms with van der Waals surface area (Å²) in [6, 6.07) is 0. The van der Waals surface area contributed by atoms with Crippen molar-refractivity contribution in [3.63, 3.8) is 0 Å². The van der Waals surface area contributed by atoms with Crippen LogP contribution in [0.25, 0.3) is 0 Å². The first kappa shape index (κ1) is 36.2. The van der Waals surface area contributed by atoms with Crippen molar-refractivity contribution in [1.29, 1.82) is 0 Å². The molecule has 0 aliphatic heterocycles. The van der Waals surface area contributed by atoms with E-state index in [1.165, 1.54) is 161 Å². The van der Waals surface area contributed by atoms with Crippen LogP contribution in [0.1, 0.15) is 188 Å². The van der Waals surface area contributed by atoms with Crippen molar-refractivity contribution >= 4 is 26.3 Å². The first-order valence-electron chi connectivity index (χ1n) is 16.8. The molecule has 0 aromatic carbocycles. The first-order chi connectivity index (χ1) is 17.0. The van der Waals surface area contributed by atoms with Gasteiger partial charge in [-0.15, -0.1) is 0 Å². The second kappa shape index (κ2) is 25.4. The minimum absolute atomic E-state index is 1.37. The fourth-order valence-corrected chi connectivity index (χ4v) is 15.5. The summed E-state index contributed by atoms with van der Waals surface area (Å²) in [6.07, 6.45) is 43.2. The van der Waals surface area contributed by atoms with Crippen molar-refractivity contribution in [2.75, 3.05) is 24.6 Å². The van der Waals surface area contributed by atoms with Gasteiger partial charge in [0.25, 0.3) is 0 Å². The third-order valence-corrected chi connectivity index (χ3v) is 20.1. The molecule has 0 saturated carbocycles.